The molecule has 1 aliphatic rings. The number of nitrogens with two attached hydrogens (primary N) is 1. The maximum absolute atomic E-state index is 6.17. The molecule has 0 unspecified atom stereocenters. The van der Waals surface area contributed by atoms with Gasteiger partial charge in [-0.25, -0.2) is 15.0 Å². The maximum Gasteiger partial charge on any atom is 0.163 e. The Bertz CT molecular complexity index is 973. The first-order chi connectivity index (χ1) is 12.1. The van der Waals surface area contributed by atoms with E-state index in [2.05, 4.69) is 25.9 Å². The van der Waals surface area contributed by atoms with Crippen molar-refractivity contribution in [3.8, 4) is 22.9 Å². The molecule has 0 saturated heterocycles. The van der Waals surface area contributed by atoms with E-state index >= 15 is 0 Å². The lowest BCUT2D eigenvalue weighted by molar-refractivity contribution is 0.356. The summed E-state index contributed by atoms with van der Waals surface area (Å²) in [5, 5.41) is 0.732. The molecule has 0 radical (unpaired) electrons. The van der Waals surface area contributed by atoms with Crippen molar-refractivity contribution in [1.29, 1.82) is 0 Å². The van der Waals surface area contributed by atoms with Gasteiger partial charge in [0.15, 0.2) is 17.3 Å². The highest BCUT2D eigenvalue weighted by molar-refractivity contribution is 5.92. The zero-order chi connectivity index (χ0) is 17.6. The van der Waals surface area contributed by atoms with Crippen LogP contribution in [0.4, 0.5) is 11.6 Å². The molecule has 128 valence electrons. The summed E-state index contributed by atoms with van der Waals surface area (Å²) in [5.41, 5.74) is 8.94. The van der Waals surface area contributed by atoms with Gasteiger partial charge in [0.25, 0.3) is 0 Å². The van der Waals surface area contributed by atoms with Gasteiger partial charge in [-0.2, -0.15) is 0 Å². The highest BCUT2D eigenvalue weighted by Crippen LogP contribution is 2.35. The number of nitrogen functional groups attached to an aromatic ring is 1. The summed E-state index contributed by atoms with van der Waals surface area (Å²) in [6, 6.07) is 5.70. The van der Waals surface area contributed by atoms with E-state index in [1.165, 1.54) is 5.56 Å². The van der Waals surface area contributed by atoms with Gasteiger partial charge in [-0.1, -0.05) is 0 Å². The van der Waals surface area contributed by atoms with E-state index < -0.39 is 0 Å². The number of benzene rings is 1. The first kappa shape index (κ1) is 15.4. The Labute approximate surface area is 145 Å². The Kier molecular flexibility index (Phi) is 3.56. The lowest BCUT2D eigenvalue weighted by Gasteiger charge is -2.12. The molecule has 4 rings (SSSR count). The predicted molar refractivity (Wildman–Crippen MR) is 97.3 cm³/mol. The van der Waals surface area contributed by atoms with Gasteiger partial charge in [0.2, 0.25) is 0 Å². The summed E-state index contributed by atoms with van der Waals surface area (Å²) in [4.78, 5) is 15.8. The molecule has 0 amide bonds. The molecule has 7 heteroatoms. The average molecular weight is 337 g/mol. The number of likely N-dealkylation sites (N-methyl/N-ethyl adjacent to an activating group) is 1. The van der Waals surface area contributed by atoms with Crippen molar-refractivity contribution in [2.75, 3.05) is 38.4 Å². The van der Waals surface area contributed by atoms with Crippen LogP contribution in [0, 0.1) is 0 Å². The molecule has 1 aromatic carbocycles. The van der Waals surface area contributed by atoms with E-state index in [0.717, 1.165) is 29.7 Å². The van der Waals surface area contributed by atoms with Crippen molar-refractivity contribution in [1.82, 2.24) is 15.0 Å². The first-order valence-electron chi connectivity index (χ1n) is 8.00. The summed E-state index contributed by atoms with van der Waals surface area (Å²) in [6.07, 6.45) is 2.77. The van der Waals surface area contributed by atoms with Gasteiger partial charge in [-0.05, 0) is 24.1 Å². The van der Waals surface area contributed by atoms with Gasteiger partial charge in [-0.3, -0.25) is 0 Å². The molecule has 0 atom stereocenters. The highest BCUT2D eigenvalue weighted by atomic mass is 16.5. The zero-order valence-corrected chi connectivity index (χ0v) is 14.4. The molecule has 3 aromatic rings. The van der Waals surface area contributed by atoms with Crippen molar-refractivity contribution < 1.29 is 9.47 Å². The van der Waals surface area contributed by atoms with Gasteiger partial charge in [0.05, 0.1) is 19.7 Å². The van der Waals surface area contributed by atoms with Gasteiger partial charge >= 0.3 is 0 Å². The Hall–Kier alpha value is -3.09. The SMILES string of the molecule is COc1cc2nc(-c3cnc4c(c3)CCN4C)nc(N)c2cc1OC. The molecule has 3 heterocycles. The number of hydrogen-bond acceptors (Lipinski definition) is 7. The smallest absolute Gasteiger partial charge is 0.163 e. The number of pyridine rings is 1. The highest BCUT2D eigenvalue weighted by Gasteiger charge is 2.19. The fourth-order valence-corrected chi connectivity index (χ4v) is 3.16. The molecule has 1 aliphatic heterocycles. The van der Waals surface area contributed by atoms with Crippen molar-refractivity contribution in [2.24, 2.45) is 0 Å². The van der Waals surface area contributed by atoms with Gasteiger partial charge in [0, 0.05) is 36.8 Å². The number of aromatic nitrogens is 3. The van der Waals surface area contributed by atoms with Crippen LogP contribution < -0.4 is 20.1 Å². The number of methoxy groups -OCH3 is 2. The molecule has 0 saturated carbocycles. The second kappa shape index (κ2) is 5.77. The van der Waals surface area contributed by atoms with Crippen molar-refractivity contribution in [2.45, 2.75) is 6.42 Å². The molecule has 2 aromatic heterocycles. The number of anilines is 2. The summed E-state index contributed by atoms with van der Waals surface area (Å²) in [7, 11) is 5.22. The Morgan fingerprint density at radius 2 is 1.84 bits per heavy atom. The minimum absolute atomic E-state index is 0.401. The molecule has 25 heavy (non-hydrogen) atoms. The molecule has 2 N–H and O–H groups in total. The lowest BCUT2D eigenvalue weighted by Crippen LogP contribution is -2.13. The fraction of sp³-hybridized carbons (Fsp3) is 0.278. The van der Waals surface area contributed by atoms with Crippen LogP contribution >= 0.6 is 0 Å². The van der Waals surface area contributed by atoms with Crippen LogP contribution in [0.15, 0.2) is 24.4 Å². The third kappa shape index (κ3) is 2.48. The normalized spacial score (nSPS) is 13.2. The van der Waals surface area contributed by atoms with E-state index in [0.29, 0.717) is 28.7 Å². The van der Waals surface area contributed by atoms with E-state index in [1.54, 1.807) is 26.5 Å². The second-order valence-electron chi connectivity index (χ2n) is 6.04. The molecule has 0 spiro atoms. The quantitative estimate of drug-likeness (QED) is 0.784. The standard InChI is InChI=1S/C18H19N5O2/c1-23-5-4-10-6-11(9-20-18(10)23)17-21-13-8-15(25-3)14(24-2)7-12(13)16(19)22-17/h6-9H,4-5H2,1-3H3,(H2,19,21,22). The Balaban J connectivity index is 1.86. The molecule has 0 fully saturated rings. The Morgan fingerprint density at radius 3 is 2.60 bits per heavy atom. The van der Waals surface area contributed by atoms with E-state index in [4.69, 9.17) is 15.2 Å². The summed E-state index contributed by atoms with van der Waals surface area (Å²) in [6.45, 7) is 0.976. The van der Waals surface area contributed by atoms with Gasteiger partial charge in [0.1, 0.15) is 11.6 Å². The van der Waals surface area contributed by atoms with Crippen LogP contribution in [0.25, 0.3) is 22.3 Å². The minimum atomic E-state index is 0.401. The summed E-state index contributed by atoms with van der Waals surface area (Å²) >= 11 is 0. The van der Waals surface area contributed by atoms with E-state index in [1.807, 2.05) is 13.1 Å². The van der Waals surface area contributed by atoms with Gasteiger partial charge in [-0.15, -0.1) is 0 Å². The minimum Gasteiger partial charge on any atom is -0.493 e. The number of rotatable bonds is 3. The molecule has 0 bridgehead atoms. The van der Waals surface area contributed by atoms with Gasteiger partial charge < -0.3 is 20.1 Å². The predicted octanol–water partition coefficient (Wildman–Crippen LogP) is 2.28. The summed E-state index contributed by atoms with van der Waals surface area (Å²) in [5.74, 6) is 3.18. The monoisotopic (exact) mass is 337 g/mol. The van der Waals surface area contributed by atoms with E-state index in [-0.39, 0.29) is 0 Å². The fourth-order valence-electron chi connectivity index (χ4n) is 3.16. The largest absolute Gasteiger partial charge is 0.493 e. The topological polar surface area (TPSA) is 86.4 Å². The zero-order valence-electron chi connectivity index (χ0n) is 14.4. The molecular formula is C18H19N5O2. The van der Waals surface area contributed by atoms with Crippen molar-refractivity contribution in [3.05, 3.63) is 30.0 Å². The number of fused-ring (bicyclic) bond motifs is 2. The van der Waals surface area contributed by atoms with Crippen LogP contribution in [0.5, 0.6) is 11.5 Å². The molecule has 0 aliphatic carbocycles. The second-order valence-corrected chi connectivity index (χ2v) is 6.04. The summed E-state index contributed by atoms with van der Waals surface area (Å²) < 4.78 is 10.7. The van der Waals surface area contributed by atoms with E-state index in [9.17, 15) is 0 Å². The number of hydrogen-bond donors (Lipinski definition) is 1. The third-order valence-electron chi connectivity index (χ3n) is 4.51. The average Bonchev–Trinajstić information content (AvgIpc) is 3.01. The maximum atomic E-state index is 6.17. The van der Waals surface area contributed by atoms with Crippen LogP contribution in [0.3, 0.4) is 0 Å². The van der Waals surface area contributed by atoms with Crippen LogP contribution in [-0.2, 0) is 6.42 Å². The lowest BCUT2D eigenvalue weighted by atomic mass is 10.1. The third-order valence-corrected chi connectivity index (χ3v) is 4.51. The molecular weight excluding hydrogens is 318 g/mol. The molecule has 7 nitrogen and oxygen atoms in total. The van der Waals surface area contributed by atoms with Crippen LogP contribution in [0.1, 0.15) is 5.56 Å². The number of nitrogens with zero attached hydrogens (tertiary/aromatic N) is 4. The Morgan fingerprint density at radius 1 is 1.08 bits per heavy atom. The van der Waals surface area contributed by atoms with Crippen molar-refractivity contribution in [3.63, 3.8) is 0 Å². The van der Waals surface area contributed by atoms with Crippen LogP contribution in [0.2, 0.25) is 0 Å². The number of ether oxygens (including phenoxy) is 2. The first-order valence-corrected chi connectivity index (χ1v) is 8.00. The van der Waals surface area contributed by atoms with Crippen molar-refractivity contribution >= 4 is 22.5 Å². The van der Waals surface area contributed by atoms with Crippen LogP contribution in [-0.4, -0.2) is 42.8 Å².